The van der Waals surface area contributed by atoms with Crippen molar-refractivity contribution in [3.05, 3.63) is 0 Å². The number of nitrogens with zero attached hydrogens (tertiary/aromatic N) is 3. The highest BCUT2D eigenvalue weighted by molar-refractivity contribution is 6.00. The van der Waals surface area contributed by atoms with Gasteiger partial charge in [-0.05, 0) is 6.92 Å². The molecule has 0 aromatic carbocycles. The molecule has 0 fully saturated rings. The maximum atomic E-state index is 11.3. The zero-order valence-electron chi connectivity index (χ0n) is 10.2. The molecule has 9 heteroatoms. The molecular formula is C10H12N6O3. The van der Waals surface area contributed by atoms with Gasteiger partial charge in [0.1, 0.15) is 12.8 Å². The van der Waals surface area contributed by atoms with E-state index in [9.17, 15) is 14.4 Å². The van der Waals surface area contributed by atoms with Gasteiger partial charge in [-0.25, -0.2) is 5.43 Å². The minimum atomic E-state index is -0.632. The number of carbonyl (C=O) groups excluding carboxylic acids is 3. The highest BCUT2D eigenvalue weighted by atomic mass is 16.2. The fraction of sp³-hybridized carbons (Fsp3) is 0.400. The van der Waals surface area contributed by atoms with Crippen LogP contribution in [0.2, 0.25) is 0 Å². The van der Waals surface area contributed by atoms with Crippen molar-refractivity contribution in [1.82, 2.24) is 16.3 Å². The molecule has 19 heavy (non-hydrogen) atoms. The molecule has 100 valence electrons. The number of nitriles is 2. The van der Waals surface area contributed by atoms with Crippen molar-refractivity contribution in [2.24, 2.45) is 5.10 Å². The van der Waals surface area contributed by atoms with Crippen molar-refractivity contribution < 1.29 is 14.4 Å². The van der Waals surface area contributed by atoms with Gasteiger partial charge in [-0.2, -0.15) is 15.6 Å². The van der Waals surface area contributed by atoms with Gasteiger partial charge in [0, 0.05) is 5.71 Å². The van der Waals surface area contributed by atoms with Crippen LogP contribution in [-0.2, 0) is 14.4 Å². The molecule has 0 saturated heterocycles. The Bertz CT molecular complexity index is 471. The first-order chi connectivity index (χ1) is 8.99. The van der Waals surface area contributed by atoms with Crippen LogP contribution in [0.4, 0.5) is 0 Å². The van der Waals surface area contributed by atoms with E-state index in [1.807, 2.05) is 5.43 Å². The zero-order chi connectivity index (χ0) is 14.7. The van der Waals surface area contributed by atoms with Gasteiger partial charge in [0.15, 0.2) is 0 Å². The molecule has 0 heterocycles. The zero-order valence-corrected chi connectivity index (χ0v) is 10.2. The highest BCUT2D eigenvalue weighted by Crippen LogP contribution is 1.86. The van der Waals surface area contributed by atoms with Gasteiger partial charge in [-0.15, -0.1) is 0 Å². The molecule has 0 aromatic heterocycles. The summed E-state index contributed by atoms with van der Waals surface area (Å²) < 4.78 is 0. The van der Waals surface area contributed by atoms with Crippen LogP contribution >= 0.6 is 0 Å². The molecule has 3 amide bonds. The first kappa shape index (κ1) is 16.1. The maximum absolute atomic E-state index is 11.3. The molecule has 0 rings (SSSR count). The Balaban J connectivity index is 4.02. The number of hydrazine groups is 1. The van der Waals surface area contributed by atoms with E-state index in [4.69, 9.17) is 10.5 Å². The lowest BCUT2D eigenvalue weighted by atomic mass is 10.3. The largest absolute Gasteiger partial charge is 0.273 e. The smallest absolute Gasteiger partial charge is 0.254 e. The highest BCUT2D eigenvalue weighted by Gasteiger charge is 2.06. The summed E-state index contributed by atoms with van der Waals surface area (Å²) in [4.78, 5) is 33.0. The minimum absolute atomic E-state index is 0.153. The summed E-state index contributed by atoms with van der Waals surface area (Å²) in [5, 5.41) is 20.0. The van der Waals surface area contributed by atoms with Crippen LogP contribution in [0.3, 0.4) is 0 Å². The van der Waals surface area contributed by atoms with E-state index >= 15 is 0 Å². The van der Waals surface area contributed by atoms with Gasteiger partial charge >= 0.3 is 0 Å². The van der Waals surface area contributed by atoms with E-state index in [2.05, 4.69) is 16.0 Å². The molecule has 0 unspecified atom stereocenters. The van der Waals surface area contributed by atoms with Crippen LogP contribution in [-0.4, -0.2) is 23.4 Å². The number of hydrogen-bond donors (Lipinski definition) is 3. The van der Waals surface area contributed by atoms with Gasteiger partial charge in [-0.3, -0.25) is 25.2 Å². The first-order valence-electron chi connectivity index (χ1n) is 5.13. The topological polar surface area (TPSA) is 147 Å². The van der Waals surface area contributed by atoms with E-state index in [0.29, 0.717) is 5.71 Å². The van der Waals surface area contributed by atoms with Crippen LogP contribution in [0.15, 0.2) is 5.10 Å². The molecule has 0 aromatic rings. The second-order valence-electron chi connectivity index (χ2n) is 3.32. The number of carbonyl (C=O) groups is 3. The number of rotatable bonds is 5. The monoisotopic (exact) mass is 264 g/mol. The van der Waals surface area contributed by atoms with Crippen molar-refractivity contribution in [2.75, 3.05) is 0 Å². The molecule has 0 aliphatic carbocycles. The van der Waals surface area contributed by atoms with Crippen molar-refractivity contribution in [1.29, 1.82) is 10.5 Å². The summed E-state index contributed by atoms with van der Waals surface area (Å²) in [5.74, 6) is -1.76. The van der Waals surface area contributed by atoms with Gasteiger partial charge in [0.25, 0.3) is 11.8 Å². The summed E-state index contributed by atoms with van der Waals surface area (Å²) in [6, 6.07) is 3.26. The van der Waals surface area contributed by atoms with E-state index in [-0.39, 0.29) is 19.3 Å². The molecule has 3 N–H and O–H groups in total. The van der Waals surface area contributed by atoms with Gasteiger partial charge in [0.05, 0.1) is 18.6 Å². The van der Waals surface area contributed by atoms with Crippen LogP contribution in [0.5, 0.6) is 0 Å². The fourth-order valence-electron chi connectivity index (χ4n) is 0.841. The van der Waals surface area contributed by atoms with E-state index < -0.39 is 17.7 Å². The number of hydrogen-bond acceptors (Lipinski definition) is 6. The van der Waals surface area contributed by atoms with Gasteiger partial charge in [-0.1, -0.05) is 0 Å². The molecule has 0 atom stereocenters. The molecule has 9 nitrogen and oxygen atoms in total. The second-order valence-corrected chi connectivity index (χ2v) is 3.32. The molecule has 0 aliphatic rings. The van der Waals surface area contributed by atoms with Crippen molar-refractivity contribution in [3.8, 4) is 12.1 Å². The number of nitrogens with one attached hydrogen (secondary N) is 3. The Labute approximate surface area is 109 Å². The molecule has 0 spiro atoms. The number of amides is 3. The standard InChI is InChI=1S/C10H12N6O3/c1-7(13-14-8(17)2-4-11)6-10(19)16-15-9(18)3-5-12/h2-3,6H2,1H3,(H,14,17)(H,15,18)(H,16,19)/b13-7-. The normalized spacial score (nSPS) is 9.74. The van der Waals surface area contributed by atoms with Crippen molar-refractivity contribution >= 4 is 23.4 Å². The summed E-state index contributed by atoms with van der Waals surface area (Å²) in [7, 11) is 0. The Morgan fingerprint density at radius 3 is 2.11 bits per heavy atom. The van der Waals surface area contributed by atoms with Crippen molar-refractivity contribution in [2.45, 2.75) is 26.2 Å². The summed E-state index contributed by atoms with van der Waals surface area (Å²) in [6.45, 7) is 1.49. The van der Waals surface area contributed by atoms with Gasteiger partial charge in [0.2, 0.25) is 5.91 Å². The predicted octanol–water partition coefficient (Wildman–Crippen LogP) is -1.16. The molecular weight excluding hydrogens is 252 g/mol. The van der Waals surface area contributed by atoms with Crippen LogP contribution in [0.25, 0.3) is 0 Å². The average molecular weight is 264 g/mol. The van der Waals surface area contributed by atoms with Gasteiger partial charge < -0.3 is 0 Å². The van der Waals surface area contributed by atoms with Crippen LogP contribution < -0.4 is 16.3 Å². The lowest BCUT2D eigenvalue weighted by Crippen LogP contribution is -2.42. The Hall–Kier alpha value is -2.94. The lowest BCUT2D eigenvalue weighted by molar-refractivity contribution is -0.127. The predicted molar refractivity (Wildman–Crippen MR) is 62.6 cm³/mol. The molecule has 0 bridgehead atoms. The number of hydrazone groups is 1. The third kappa shape index (κ3) is 8.83. The maximum Gasteiger partial charge on any atom is 0.254 e. The van der Waals surface area contributed by atoms with Crippen molar-refractivity contribution in [3.63, 3.8) is 0 Å². The quantitative estimate of drug-likeness (QED) is 0.423. The third-order valence-corrected chi connectivity index (χ3v) is 1.61. The molecule has 0 radical (unpaired) electrons. The minimum Gasteiger partial charge on any atom is -0.273 e. The summed E-state index contributed by atoms with van der Waals surface area (Å²) >= 11 is 0. The molecule has 0 saturated carbocycles. The molecule has 0 aliphatic heterocycles. The lowest BCUT2D eigenvalue weighted by Gasteiger charge is -2.05. The van der Waals surface area contributed by atoms with E-state index in [1.165, 1.54) is 6.92 Å². The Morgan fingerprint density at radius 2 is 1.53 bits per heavy atom. The second kappa shape index (κ2) is 9.13. The average Bonchev–Trinajstić information content (AvgIpc) is 2.35. The van der Waals surface area contributed by atoms with Crippen LogP contribution in [0, 0.1) is 22.7 Å². The van der Waals surface area contributed by atoms with Crippen LogP contribution in [0.1, 0.15) is 26.2 Å². The fourth-order valence-corrected chi connectivity index (χ4v) is 0.841. The van der Waals surface area contributed by atoms with E-state index in [0.717, 1.165) is 0 Å². The summed E-state index contributed by atoms with van der Waals surface area (Å²) in [6.07, 6.45) is -0.843. The SMILES string of the molecule is C/C(CC(=O)NNC(=O)CC#N)=N/NC(=O)CC#N. The Kier molecular flexibility index (Phi) is 7.72. The summed E-state index contributed by atoms with van der Waals surface area (Å²) in [5.41, 5.74) is 6.48. The Morgan fingerprint density at radius 1 is 1.00 bits per heavy atom. The van der Waals surface area contributed by atoms with E-state index in [1.54, 1.807) is 12.1 Å². The third-order valence-electron chi connectivity index (χ3n) is 1.61. The first-order valence-corrected chi connectivity index (χ1v) is 5.13.